The Bertz CT molecular complexity index is 1520. The van der Waals surface area contributed by atoms with Crippen molar-refractivity contribution >= 4 is 11.8 Å². The molecule has 0 aromatic heterocycles. The van der Waals surface area contributed by atoms with E-state index in [2.05, 4.69) is 122 Å². The lowest BCUT2D eigenvalue weighted by Gasteiger charge is -2.41. The fourth-order valence-corrected chi connectivity index (χ4v) is 5.67. The second kappa shape index (κ2) is 10.3. The van der Waals surface area contributed by atoms with Gasteiger partial charge in [-0.05, 0) is 72.9 Å². The highest BCUT2D eigenvalue weighted by atomic mass is 16.6. The number of hydrogen-bond acceptors (Lipinski definition) is 3. The maximum Gasteiger partial charge on any atom is 0.165 e. The molecule has 3 nitrogen and oxygen atoms in total. The van der Waals surface area contributed by atoms with E-state index in [1.807, 2.05) is 24.3 Å². The summed E-state index contributed by atoms with van der Waals surface area (Å²) in [5.41, 5.74) is 6.58. The highest BCUT2D eigenvalue weighted by molar-refractivity contribution is 5.69. The summed E-state index contributed by atoms with van der Waals surface area (Å²) in [6.07, 6.45) is 17.1. The summed E-state index contributed by atoms with van der Waals surface area (Å²) < 4.78 is 12.9. The number of allylic oxidation sites excluding steroid dienone is 5. The number of anilines is 1. The summed E-state index contributed by atoms with van der Waals surface area (Å²) in [6.45, 7) is 8.21. The lowest BCUT2D eigenvalue weighted by Crippen LogP contribution is -2.44. The first-order valence-corrected chi connectivity index (χ1v) is 13.5. The van der Waals surface area contributed by atoms with Crippen LogP contribution in [0.25, 0.3) is 17.2 Å². The van der Waals surface area contributed by atoms with E-state index < -0.39 is 5.60 Å². The molecule has 194 valence electrons. The summed E-state index contributed by atoms with van der Waals surface area (Å²) in [7, 11) is 0. The lowest BCUT2D eigenvalue weighted by atomic mass is 9.90. The van der Waals surface area contributed by atoms with Gasteiger partial charge in [0.15, 0.2) is 23.2 Å². The van der Waals surface area contributed by atoms with Gasteiger partial charge in [-0.15, -0.1) is 0 Å². The summed E-state index contributed by atoms with van der Waals surface area (Å²) in [5, 5.41) is 0. The monoisotopic (exact) mass is 511 g/mol. The van der Waals surface area contributed by atoms with Crippen LogP contribution in [-0.4, -0.2) is 11.7 Å². The fraction of sp³-hybridized carbons (Fsp3) is 0.167. The van der Waals surface area contributed by atoms with Gasteiger partial charge < -0.3 is 14.4 Å². The van der Waals surface area contributed by atoms with Crippen LogP contribution in [0.4, 0.5) is 5.69 Å². The summed E-state index contributed by atoms with van der Waals surface area (Å²) in [4.78, 5) is 2.42. The predicted octanol–water partition coefficient (Wildman–Crippen LogP) is 8.92. The molecule has 0 radical (unpaired) electrons. The van der Waals surface area contributed by atoms with Crippen LogP contribution < -0.4 is 4.90 Å². The third-order valence-corrected chi connectivity index (χ3v) is 7.70. The van der Waals surface area contributed by atoms with Crippen LogP contribution in [0.2, 0.25) is 0 Å². The minimum atomic E-state index is -0.574. The Morgan fingerprint density at radius 1 is 0.923 bits per heavy atom. The summed E-state index contributed by atoms with van der Waals surface area (Å²) in [6, 6.07) is 28.1. The number of fused-ring (bicyclic) bond motifs is 2. The molecule has 0 bridgehead atoms. The Kier molecular flexibility index (Phi) is 6.58. The van der Waals surface area contributed by atoms with Crippen molar-refractivity contribution in [2.75, 3.05) is 4.90 Å². The zero-order valence-electron chi connectivity index (χ0n) is 22.5. The first-order valence-electron chi connectivity index (χ1n) is 13.5. The average molecular weight is 512 g/mol. The average Bonchev–Trinajstić information content (AvgIpc) is 2.97. The number of hydrogen-bond donors (Lipinski definition) is 0. The van der Waals surface area contributed by atoms with E-state index in [-0.39, 0.29) is 12.1 Å². The number of benzene rings is 3. The molecule has 0 saturated carbocycles. The van der Waals surface area contributed by atoms with Crippen molar-refractivity contribution in [3.63, 3.8) is 0 Å². The Labute approximate surface area is 231 Å². The van der Waals surface area contributed by atoms with Crippen molar-refractivity contribution < 1.29 is 9.47 Å². The second-order valence-corrected chi connectivity index (χ2v) is 10.4. The van der Waals surface area contributed by atoms with Crippen LogP contribution >= 0.6 is 0 Å². The highest BCUT2D eigenvalue weighted by Crippen LogP contribution is 2.41. The lowest BCUT2D eigenvalue weighted by molar-refractivity contribution is -0.0713. The largest absolute Gasteiger partial charge is 0.478 e. The van der Waals surface area contributed by atoms with Gasteiger partial charge in [0.25, 0.3) is 0 Å². The summed E-state index contributed by atoms with van der Waals surface area (Å²) in [5.74, 6) is 1.34. The molecule has 0 saturated heterocycles. The van der Waals surface area contributed by atoms with Gasteiger partial charge in [-0.2, -0.15) is 0 Å². The Morgan fingerprint density at radius 3 is 2.46 bits per heavy atom. The molecular weight excluding hydrogens is 478 g/mol. The van der Waals surface area contributed by atoms with Gasteiger partial charge in [-0.25, -0.2) is 0 Å². The molecule has 3 unspecified atom stereocenters. The Balaban J connectivity index is 1.43. The van der Waals surface area contributed by atoms with E-state index in [1.165, 1.54) is 22.3 Å². The molecule has 6 rings (SSSR count). The van der Waals surface area contributed by atoms with Crippen molar-refractivity contribution in [3.05, 3.63) is 156 Å². The number of nitrogens with zero attached hydrogens (tertiary/aromatic N) is 1. The van der Waals surface area contributed by atoms with Crippen molar-refractivity contribution in [2.24, 2.45) is 0 Å². The normalized spacial score (nSPS) is 23.4. The Hall–Kier alpha value is -4.50. The van der Waals surface area contributed by atoms with Gasteiger partial charge in [0.2, 0.25) is 0 Å². The minimum Gasteiger partial charge on any atom is -0.478 e. The van der Waals surface area contributed by atoms with E-state index >= 15 is 0 Å². The summed E-state index contributed by atoms with van der Waals surface area (Å²) >= 11 is 0. The molecule has 1 heterocycles. The predicted molar refractivity (Wildman–Crippen MR) is 161 cm³/mol. The third kappa shape index (κ3) is 4.77. The standard InChI is InChI=1S/C36H33NO2/c1-4-33-34(39-36(3)24-11-10-19-35(36)38-33)25-26(2)37(32-18-12-16-29-15-8-9-17-31(29)32)30-22-20-28(21-23-30)27-13-6-5-7-14-27/h4-17,19-25,32,35H,1,18H2,2-3H3/b26-25+. The minimum absolute atomic E-state index is 0.142. The van der Waals surface area contributed by atoms with Gasteiger partial charge in [-0.3, -0.25) is 0 Å². The second-order valence-electron chi connectivity index (χ2n) is 10.4. The number of ether oxygens (including phenoxy) is 2. The van der Waals surface area contributed by atoms with Gasteiger partial charge >= 0.3 is 0 Å². The van der Waals surface area contributed by atoms with Crippen molar-refractivity contribution in [3.8, 4) is 11.1 Å². The van der Waals surface area contributed by atoms with Gasteiger partial charge in [0.05, 0.1) is 6.04 Å². The maximum atomic E-state index is 6.60. The van der Waals surface area contributed by atoms with Crippen molar-refractivity contribution in [1.82, 2.24) is 0 Å². The molecule has 0 amide bonds. The highest BCUT2D eigenvalue weighted by Gasteiger charge is 2.40. The molecule has 3 heteroatoms. The first-order chi connectivity index (χ1) is 19.1. The molecule has 3 aromatic rings. The van der Waals surface area contributed by atoms with Crippen LogP contribution in [-0.2, 0) is 9.47 Å². The van der Waals surface area contributed by atoms with E-state index in [0.29, 0.717) is 11.5 Å². The molecule has 0 N–H and O–H groups in total. The van der Waals surface area contributed by atoms with E-state index in [9.17, 15) is 0 Å². The van der Waals surface area contributed by atoms with Gasteiger partial charge in [0.1, 0.15) is 0 Å². The van der Waals surface area contributed by atoms with Gasteiger partial charge in [0, 0.05) is 17.5 Å². The zero-order valence-corrected chi connectivity index (χ0v) is 22.5. The topological polar surface area (TPSA) is 21.7 Å². The van der Waals surface area contributed by atoms with Gasteiger partial charge in [-0.1, -0.05) is 97.6 Å². The molecule has 3 aliphatic rings. The van der Waals surface area contributed by atoms with Crippen LogP contribution in [0.5, 0.6) is 0 Å². The number of rotatable bonds is 6. The maximum absolute atomic E-state index is 6.60. The molecule has 3 atom stereocenters. The van der Waals surface area contributed by atoms with E-state index in [4.69, 9.17) is 9.47 Å². The fourth-order valence-electron chi connectivity index (χ4n) is 5.67. The zero-order chi connectivity index (χ0) is 26.8. The van der Waals surface area contributed by atoms with Crippen LogP contribution in [0.3, 0.4) is 0 Å². The third-order valence-electron chi connectivity index (χ3n) is 7.70. The Morgan fingerprint density at radius 2 is 1.67 bits per heavy atom. The van der Waals surface area contributed by atoms with Crippen LogP contribution in [0.15, 0.2) is 145 Å². The SMILES string of the molecule is C=CC1=C(/C=C(\C)N(c2ccc(-c3ccccc3)cc2)C2CC=Cc3ccccc32)OC2(C)C=CC=CC2O1. The van der Waals surface area contributed by atoms with E-state index in [1.54, 1.807) is 6.08 Å². The van der Waals surface area contributed by atoms with Crippen LogP contribution in [0, 0.1) is 0 Å². The molecule has 3 aromatic carbocycles. The molecule has 0 fully saturated rings. The van der Waals surface area contributed by atoms with E-state index in [0.717, 1.165) is 17.8 Å². The molecule has 39 heavy (non-hydrogen) atoms. The van der Waals surface area contributed by atoms with Crippen molar-refractivity contribution in [2.45, 2.75) is 38.0 Å². The smallest absolute Gasteiger partial charge is 0.165 e. The van der Waals surface area contributed by atoms with Crippen molar-refractivity contribution in [1.29, 1.82) is 0 Å². The quantitative estimate of drug-likeness (QED) is 0.330. The molecule has 0 spiro atoms. The molecule has 2 aliphatic carbocycles. The van der Waals surface area contributed by atoms with Crippen LogP contribution in [0.1, 0.15) is 37.4 Å². The molecular formula is C36H33NO2. The first kappa shape index (κ1) is 24.8. The molecule has 1 aliphatic heterocycles.